The van der Waals surface area contributed by atoms with Crippen molar-refractivity contribution in [2.24, 2.45) is 0 Å². The predicted molar refractivity (Wildman–Crippen MR) is 74.7 cm³/mol. The van der Waals surface area contributed by atoms with E-state index in [1.807, 2.05) is 12.4 Å². The zero-order chi connectivity index (χ0) is 13.6. The van der Waals surface area contributed by atoms with E-state index in [0.29, 0.717) is 0 Å². The summed E-state index contributed by atoms with van der Waals surface area (Å²) in [5.41, 5.74) is 2.07. The van der Waals surface area contributed by atoms with E-state index in [-0.39, 0.29) is 10.8 Å². The highest BCUT2D eigenvalue weighted by atomic mass is 14.9. The molecular weight excluding hydrogens is 222 g/mol. The zero-order valence-electron chi connectivity index (χ0n) is 12.1. The third-order valence-corrected chi connectivity index (χ3v) is 2.98. The maximum absolute atomic E-state index is 4.60. The van der Waals surface area contributed by atoms with Crippen molar-refractivity contribution in [3.63, 3.8) is 0 Å². The standard InChI is InChI=1S/C15H21N3/c1-14(2,3)11-7-8-16-12-10(11)9-17-13(18-12)15(4,5)6/h7-9H,1-6H3. The summed E-state index contributed by atoms with van der Waals surface area (Å²) < 4.78 is 0. The molecule has 96 valence electrons. The van der Waals surface area contributed by atoms with Crippen LogP contribution in [0.15, 0.2) is 18.5 Å². The summed E-state index contributed by atoms with van der Waals surface area (Å²) in [5, 5.41) is 1.05. The summed E-state index contributed by atoms with van der Waals surface area (Å²) in [6.07, 6.45) is 3.75. The van der Waals surface area contributed by atoms with Crippen LogP contribution in [0.5, 0.6) is 0 Å². The molecule has 0 aromatic carbocycles. The highest BCUT2D eigenvalue weighted by Crippen LogP contribution is 2.28. The van der Waals surface area contributed by atoms with Crippen LogP contribution in [-0.2, 0) is 10.8 Å². The number of hydrogen-bond acceptors (Lipinski definition) is 3. The average Bonchev–Trinajstić information content (AvgIpc) is 2.25. The third-order valence-electron chi connectivity index (χ3n) is 2.98. The van der Waals surface area contributed by atoms with E-state index in [4.69, 9.17) is 0 Å². The lowest BCUT2D eigenvalue weighted by Crippen LogP contribution is -2.17. The van der Waals surface area contributed by atoms with Gasteiger partial charge in [0.1, 0.15) is 5.82 Å². The third kappa shape index (κ3) is 2.35. The van der Waals surface area contributed by atoms with Crippen LogP contribution in [0.2, 0.25) is 0 Å². The van der Waals surface area contributed by atoms with Crippen LogP contribution in [-0.4, -0.2) is 15.0 Å². The van der Waals surface area contributed by atoms with Gasteiger partial charge in [-0.25, -0.2) is 15.0 Å². The van der Waals surface area contributed by atoms with Gasteiger partial charge in [-0.05, 0) is 17.0 Å². The molecule has 0 N–H and O–H groups in total. The van der Waals surface area contributed by atoms with Crippen LogP contribution in [0.4, 0.5) is 0 Å². The fraction of sp³-hybridized carbons (Fsp3) is 0.533. The molecule has 0 amide bonds. The van der Waals surface area contributed by atoms with E-state index in [2.05, 4.69) is 62.6 Å². The zero-order valence-corrected chi connectivity index (χ0v) is 12.1. The van der Waals surface area contributed by atoms with Gasteiger partial charge < -0.3 is 0 Å². The van der Waals surface area contributed by atoms with Crippen molar-refractivity contribution in [1.82, 2.24) is 15.0 Å². The Morgan fingerprint density at radius 3 is 2.11 bits per heavy atom. The Morgan fingerprint density at radius 1 is 0.889 bits per heavy atom. The fourth-order valence-electron chi connectivity index (χ4n) is 1.95. The van der Waals surface area contributed by atoms with Gasteiger partial charge in [0.15, 0.2) is 5.65 Å². The molecule has 2 aromatic rings. The lowest BCUT2D eigenvalue weighted by Gasteiger charge is -2.21. The molecule has 0 fully saturated rings. The molecule has 2 aromatic heterocycles. The normalized spacial score (nSPS) is 13.0. The van der Waals surface area contributed by atoms with Gasteiger partial charge in [0, 0.05) is 23.2 Å². The summed E-state index contributed by atoms with van der Waals surface area (Å²) in [6.45, 7) is 12.9. The van der Waals surface area contributed by atoms with E-state index in [1.165, 1.54) is 5.56 Å². The molecule has 18 heavy (non-hydrogen) atoms. The summed E-state index contributed by atoms with van der Waals surface area (Å²) in [5.74, 6) is 0.841. The number of nitrogens with zero attached hydrogens (tertiary/aromatic N) is 3. The van der Waals surface area contributed by atoms with Crippen molar-refractivity contribution in [3.05, 3.63) is 29.8 Å². The second-order valence-electron chi connectivity index (χ2n) is 6.79. The van der Waals surface area contributed by atoms with Crippen molar-refractivity contribution in [3.8, 4) is 0 Å². The van der Waals surface area contributed by atoms with Gasteiger partial charge in [-0.3, -0.25) is 0 Å². The number of pyridine rings is 1. The van der Waals surface area contributed by atoms with Crippen molar-refractivity contribution < 1.29 is 0 Å². The summed E-state index contributed by atoms with van der Waals surface area (Å²) in [6, 6.07) is 2.06. The molecule has 2 rings (SSSR count). The second kappa shape index (κ2) is 4.01. The topological polar surface area (TPSA) is 38.7 Å². The van der Waals surface area contributed by atoms with Crippen molar-refractivity contribution >= 4 is 11.0 Å². The van der Waals surface area contributed by atoms with Crippen LogP contribution in [0.25, 0.3) is 11.0 Å². The van der Waals surface area contributed by atoms with Crippen LogP contribution < -0.4 is 0 Å². The van der Waals surface area contributed by atoms with Crippen molar-refractivity contribution in [1.29, 1.82) is 0 Å². The number of rotatable bonds is 0. The summed E-state index contributed by atoms with van der Waals surface area (Å²) >= 11 is 0. The van der Waals surface area contributed by atoms with Gasteiger partial charge in [0.05, 0.1) is 0 Å². The quantitative estimate of drug-likeness (QED) is 0.709. The minimum atomic E-state index is -0.0480. The Hall–Kier alpha value is -1.51. The Bertz CT molecular complexity index is 574. The van der Waals surface area contributed by atoms with Gasteiger partial charge in [-0.1, -0.05) is 41.5 Å². The van der Waals surface area contributed by atoms with E-state index in [9.17, 15) is 0 Å². The van der Waals surface area contributed by atoms with E-state index in [0.717, 1.165) is 16.9 Å². The predicted octanol–water partition coefficient (Wildman–Crippen LogP) is 3.62. The van der Waals surface area contributed by atoms with Crippen molar-refractivity contribution in [2.75, 3.05) is 0 Å². The lowest BCUT2D eigenvalue weighted by atomic mass is 9.86. The van der Waals surface area contributed by atoms with E-state index >= 15 is 0 Å². The van der Waals surface area contributed by atoms with Crippen molar-refractivity contribution in [2.45, 2.75) is 52.4 Å². The Labute approximate surface area is 109 Å². The number of aromatic nitrogens is 3. The summed E-state index contributed by atoms with van der Waals surface area (Å²) in [4.78, 5) is 13.5. The highest BCUT2D eigenvalue weighted by molar-refractivity contribution is 5.78. The molecule has 3 heteroatoms. The smallest absolute Gasteiger partial charge is 0.163 e. The van der Waals surface area contributed by atoms with Crippen LogP contribution in [0.1, 0.15) is 52.9 Å². The Balaban J connectivity index is 2.68. The first kappa shape index (κ1) is 12.9. The molecule has 3 nitrogen and oxygen atoms in total. The molecule has 0 spiro atoms. The van der Waals surface area contributed by atoms with Crippen LogP contribution in [0, 0.1) is 0 Å². The van der Waals surface area contributed by atoms with Crippen LogP contribution >= 0.6 is 0 Å². The second-order valence-corrected chi connectivity index (χ2v) is 6.79. The Morgan fingerprint density at radius 2 is 1.56 bits per heavy atom. The number of fused-ring (bicyclic) bond motifs is 1. The highest BCUT2D eigenvalue weighted by Gasteiger charge is 2.21. The van der Waals surface area contributed by atoms with Gasteiger partial charge in [0.2, 0.25) is 0 Å². The van der Waals surface area contributed by atoms with E-state index in [1.54, 1.807) is 0 Å². The van der Waals surface area contributed by atoms with Gasteiger partial charge in [-0.2, -0.15) is 0 Å². The minimum absolute atomic E-state index is 0.0480. The fourth-order valence-corrected chi connectivity index (χ4v) is 1.95. The summed E-state index contributed by atoms with van der Waals surface area (Å²) in [7, 11) is 0. The van der Waals surface area contributed by atoms with Gasteiger partial charge >= 0.3 is 0 Å². The first-order valence-electron chi connectivity index (χ1n) is 6.32. The number of hydrogen-bond donors (Lipinski definition) is 0. The first-order valence-corrected chi connectivity index (χ1v) is 6.32. The molecule has 0 saturated heterocycles. The molecule has 0 aliphatic heterocycles. The maximum atomic E-state index is 4.60. The monoisotopic (exact) mass is 243 g/mol. The van der Waals surface area contributed by atoms with Gasteiger partial charge in [-0.15, -0.1) is 0 Å². The molecule has 0 unspecified atom stereocenters. The minimum Gasteiger partial charge on any atom is -0.240 e. The molecule has 0 aliphatic carbocycles. The molecule has 0 atom stereocenters. The lowest BCUT2D eigenvalue weighted by molar-refractivity contribution is 0.547. The largest absolute Gasteiger partial charge is 0.240 e. The molecule has 0 saturated carbocycles. The van der Waals surface area contributed by atoms with Crippen LogP contribution in [0.3, 0.4) is 0 Å². The first-order chi connectivity index (χ1) is 8.19. The maximum Gasteiger partial charge on any atom is 0.163 e. The Kier molecular flexibility index (Phi) is 2.88. The van der Waals surface area contributed by atoms with Gasteiger partial charge in [0.25, 0.3) is 0 Å². The van der Waals surface area contributed by atoms with E-state index < -0.39 is 0 Å². The molecule has 0 radical (unpaired) electrons. The molecule has 0 aliphatic rings. The molecule has 0 bridgehead atoms. The molecule has 2 heterocycles. The molecular formula is C15H21N3. The average molecular weight is 243 g/mol. The SMILES string of the molecule is CC(C)(C)c1ncc2c(C(C)(C)C)ccnc2n1.